The van der Waals surface area contributed by atoms with E-state index in [2.05, 4.69) is 21.2 Å². The Balaban J connectivity index is 2.11. The fourth-order valence-electron chi connectivity index (χ4n) is 2.50. The molecule has 0 saturated heterocycles. The van der Waals surface area contributed by atoms with Crippen molar-refractivity contribution in [3.63, 3.8) is 0 Å². The highest BCUT2D eigenvalue weighted by molar-refractivity contribution is 9.10. The summed E-state index contributed by atoms with van der Waals surface area (Å²) in [4.78, 5) is 26.6. The number of hydrogen-bond acceptors (Lipinski definition) is 2. The molecule has 0 aromatic heterocycles. The molecule has 8 heteroatoms. The number of carbonyl (C=O) groups excluding carboxylic acids is 2. The van der Waals surface area contributed by atoms with E-state index in [-0.39, 0.29) is 28.1 Å². The van der Waals surface area contributed by atoms with E-state index in [1.165, 1.54) is 17.0 Å². The topological polar surface area (TPSA) is 49.4 Å². The fraction of sp³-hybridized carbons (Fsp3) is 0.263. The highest BCUT2D eigenvalue weighted by Crippen LogP contribution is 2.25. The van der Waals surface area contributed by atoms with E-state index in [0.717, 1.165) is 4.47 Å². The molecule has 2 rings (SSSR count). The van der Waals surface area contributed by atoms with E-state index in [1.807, 2.05) is 0 Å². The van der Waals surface area contributed by atoms with Gasteiger partial charge in [-0.15, -0.1) is 0 Å². The molecule has 1 atom stereocenters. The first-order chi connectivity index (χ1) is 12.7. The Bertz CT molecular complexity index is 864. The Morgan fingerprint density at radius 3 is 2.63 bits per heavy atom. The lowest BCUT2D eigenvalue weighted by molar-refractivity contribution is -0.133. The van der Waals surface area contributed by atoms with Crippen molar-refractivity contribution in [2.45, 2.75) is 26.4 Å². The van der Waals surface area contributed by atoms with Crippen molar-refractivity contribution >= 4 is 50.9 Å². The lowest BCUT2D eigenvalue weighted by Crippen LogP contribution is -2.46. The predicted octanol–water partition coefficient (Wildman–Crippen LogP) is 5.06. The zero-order valence-electron chi connectivity index (χ0n) is 14.7. The summed E-state index contributed by atoms with van der Waals surface area (Å²) in [5.74, 6) is -1.23. The molecule has 0 aliphatic carbocycles. The number of benzene rings is 2. The van der Waals surface area contributed by atoms with Gasteiger partial charge in [0.25, 0.3) is 5.91 Å². The van der Waals surface area contributed by atoms with E-state index < -0.39 is 17.8 Å². The van der Waals surface area contributed by atoms with Gasteiger partial charge in [0, 0.05) is 23.1 Å². The highest BCUT2D eigenvalue weighted by Gasteiger charge is 2.23. The molecular weight excluding hydrogens is 458 g/mol. The van der Waals surface area contributed by atoms with Crippen LogP contribution in [0.2, 0.25) is 10.0 Å². The van der Waals surface area contributed by atoms with E-state index in [9.17, 15) is 14.0 Å². The molecule has 0 spiro atoms. The molecule has 144 valence electrons. The minimum Gasteiger partial charge on any atom is -0.340 e. The summed E-state index contributed by atoms with van der Waals surface area (Å²) in [6, 6.07) is 8.43. The number of amides is 2. The maximum Gasteiger partial charge on any atom is 0.253 e. The van der Waals surface area contributed by atoms with Crippen LogP contribution in [0.5, 0.6) is 0 Å². The SMILES string of the molecule is CCN(Cc1cc(Br)ccc1F)C(=O)C(C)NC(=O)c1cccc(Cl)c1Cl. The van der Waals surface area contributed by atoms with Crippen molar-refractivity contribution in [2.75, 3.05) is 6.54 Å². The average molecular weight is 476 g/mol. The summed E-state index contributed by atoms with van der Waals surface area (Å²) in [6.45, 7) is 3.82. The van der Waals surface area contributed by atoms with Crippen LogP contribution in [0, 0.1) is 5.82 Å². The predicted molar refractivity (Wildman–Crippen MR) is 109 cm³/mol. The van der Waals surface area contributed by atoms with Gasteiger partial charge in [0.2, 0.25) is 5.91 Å². The van der Waals surface area contributed by atoms with Crippen LogP contribution >= 0.6 is 39.1 Å². The van der Waals surface area contributed by atoms with Gasteiger partial charge in [0.1, 0.15) is 11.9 Å². The third kappa shape index (κ3) is 5.43. The highest BCUT2D eigenvalue weighted by atomic mass is 79.9. The smallest absolute Gasteiger partial charge is 0.253 e. The maximum absolute atomic E-state index is 14.0. The standard InChI is InChI=1S/C19H18BrCl2FN2O2/c1-3-25(10-12-9-13(20)7-8-16(12)23)19(27)11(2)24-18(26)14-5-4-6-15(21)17(14)22/h4-9,11H,3,10H2,1-2H3,(H,24,26). The molecule has 0 bridgehead atoms. The molecule has 2 amide bonds. The zero-order valence-corrected chi connectivity index (χ0v) is 17.8. The first kappa shape index (κ1) is 21.7. The lowest BCUT2D eigenvalue weighted by atomic mass is 10.1. The van der Waals surface area contributed by atoms with Gasteiger partial charge in [0.05, 0.1) is 15.6 Å². The Labute approximate surface area is 175 Å². The number of nitrogens with zero attached hydrogens (tertiary/aromatic N) is 1. The minimum atomic E-state index is -0.817. The van der Waals surface area contributed by atoms with Crippen LogP contribution in [0.4, 0.5) is 4.39 Å². The summed E-state index contributed by atoms with van der Waals surface area (Å²) in [6.07, 6.45) is 0. The van der Waals surface area contributed by atoms with Crippen LogP contribution in [0.15, 0.2) is 40.9 Å². The second-order valence-corrected chi connectivity index (χ2v) is 7.59. The molecule has 27 heavy (non-hydrogen) atoms. The summed E-state index contributed by atoms with van der Waals surface area (Å²) in [5.41, 5.74) is 0.570. The van der Waals surface area contributed by atoms with Crippen LogP contribution < -0.4 is 5.32 Å². The van der Waals surface area contributed by atoms with Gasteiger partial charge in [-0.1, -0.05) is 45.2 Å². The van der Waals surface area contributed by atoms with Crippen molar-refractivity contribution in [1.29, 1.82) is 0 Å². The number of hydrogen-bond donors (Lipinski definition) is 1. The number of rotatable bonds is 6. The molecule has 2 aromatic carbocycles. The third-order valence-corrected chi connectivity index (χ3v) is 5.29. The quantitative estimate of drug-likeness (QED) is 0.634. The fourth-order valence-corrected chi connectivity index (χ4v) is 3.30. The Morgan fingerprint density at radius 2 is 1.96 bits per heavy atom. The van der Waals surface area contributed by atoms with E-state index in [1.54, 1.807) is 38.1 Å². The average Bonchev–Trinajstić information content (AvgIpc) is 2.63. The zero-order chi connectivity index (χ0) is 20.1. The van der Waals surface area contributed by atoms with Crippen molar-refractivity contribution in [2.24, 2.45) is 0 Å². The van der Waals surface area contributed by atoms with Gasteiger partial charge in [-0.05, 0) is 44.2 Å². The molecule has 1 unspecified atom stereocenters. The molecule has 0 fully saturated rings. The summed E-state index contributed by atoms with van der Waals surface area (Å²) in [7, 11) is 0. The van der Waals surface area contributed by atoms with E-state index >= 15 is 0 Å². The molecular formula is C19H18BrCl2FN2O2. The summed E-state index contributed by atoms with van der Waals surface area (Å²) in [5, 5.41) is 2.99. The van der Waals surface area contributed by atoms with Crippen LogP contribution in [0.1, 0.15) is 29.8 Å². The van der Waals surface area contributed by atoms with E-state index in [0.29, 0.717) is 12.1 Å². The molecule has 1 N–H and O–H groups in total. The molecule has 0 heterocycles. The van der Waals surface area contributed by atoms with Crippen molar-refractivity contribution in [3.8, 4) is 0 Å². The van der Waals surface area contributed by atoms with E-state index in [4.69, 9.17) is 23.2 Å². The molecule has 2 aromatic rings. The minimum absolute atomic E-state index is 0.0960. The second kappa shape index (κ2) is 9.53. The van der Waals surface area contributed by atoms with Crippen LogP contribution in [0.3, 0.4) is 0 Å². The number of carbonyl (C=O) groups is 2. The molecule has 4 nitrogen and oxygen atoms in total. The first-order valence-corrected chi connectivity index (χ1v) is 9.77. The molecule has 0 radical (unpaired) electrons. The molecule has 0 aliphatic heterocycles. The second-order valence-electron chi connectivity index (χ2n) is 5.88. The van der Waals surface area contributed by atoms with Gasteiger partial charge in [-0.3, -0.25) is 9.59 Å². The van der Waals surface area contributed by atoms with Crippen LogP contribution in [-0.4, -0.2) is 29.3 Å². The Hall–Kier alpha value is -1.63. The van der Waals surface area contributed by atoms with Crippen molar-refractivity contribution in [3.05, 3.63) is 67.9 Å². The van der Waals surface area contributed by atoms with Gasteiger partial charge >= 0.3 is 0 Å². The third-order valence-electron chi connectivity index (χ3n) is 3.98. The summed E-state index contributed by atoms with van der Waals surface area (Å²) >= 11 is 15.3. The van der Waals surface area contributed by atoms with Crippen molar-refractivity contribution in [1.82, 2.24) is 10.2 Å². The number of likely N-dealkylation sites (N-methyl/N-ethyl adjacent to an activating group) is 1. The lowest BCUT2D eigenvalue weighted by Gasteiger charge is -2.25. The normalized spacial score (nSPS) is 11.8. The summed E-state index contributed by atoms with van der Waals surface area (Å²) < 4.78 is 14.7. The number of halogens is 4. The van der Waals surface area contributed by atoms with Gasteiger partial charge in [0.15, 0.2) is 0 Å². The van der Waals surface area contributed by atoms with Crippen molar-refractivity contribution < 1.29 is 14.0 Å². The van der Waals surface area contributed by atoms with Gasteiger partial charge in [-0.25, -0.2) is 4.39 Å². The Kier molecular flexibility index (Phi) is 7.65. The monoisotopic (exact) mass is 474 g/mol. The van der Waals surface area contributed by atoms with Gasteiger partial charge < -0.3 is 10.2 Å². The number of nitrogens with one attached hydrogen (secondary N) is 1. The largest absolute Gasteiger partial charge is 0.340 e. The maximum atomic E-state index is 14.0. The van der Waals surface area contributed by atoms with Gasteiger partial charge in [-0.2, -0.15) is 0 Å². The van der Waals surface area contributed by atoms with Crippen LogP contribution in [-0.2, 0) is 11.3 Å². The van der Waals surface area contributed by atoms with Crippen LogP contribution in [0.25, 0.3) is 0 Å². The Morgan fingerprint density at radius 1 is 1.26 bits per heavy atom. The molecule has 0 aliphatic rings. The molecule has 0 saturated carbocycles. The first-order valence-electron chi connectivity index (χ1n) is 8.22.